The Labute approximate surface area is 175 Å². The molecule has 1 aliphatic heterocycles. The molecule has 0 radical (unpaired) electrons. The van der Waals surface area contributed by atoms with Gasteiger partial charge in [-0.25, -0.2) is 0 Å². The third kappa shape index (κ3) is 6.22. The molecule has 9 heteroatoms. The van der Waals surface area contributed by atoms with E-state index in [1.807, 2.05) is 4.90 Å². The highest BCUT2D eigenvalue weighted by molar-refractivity contribution is 5.67. The van der Waals surface area contributed by atoms with Gasteiger partial charge >= 0.3 is 18.3 Å². The van der Waals surface area contributed by atoms with Crippen molar-refractivity contribution < 1.29 is 36.2 Å². The van der Waals surface area contributed by atoms with Gasteiger partial charge in [0, 0.05) is 26.1 Å². The Kier molecular flexibility index (Phi) is 6.64. The van der Waals surface area contributed by atoms with Crippen LogP contribution in [0.4, 0.5) is 26.3 Å². The van der Waals surface area contributed by atoms with Gasteiger partial charge in [-0.05, 0) is 53.6 Å². The molecule has 0 spiro atoms. The van der Waals surface area contributed by atoms with Crippen molar-refractivity contribution in [1.82, 2.24) is 4.90 Å². The molecule has 1 fully saturated rings. The number of carboxylic acids is 1. The highest BCUT2D eigenvalue weighted by Gasteiger charge is 2.33. The zero-order valence-corrected chi connectivity index (χ0v) is 16.4. The van der Waals surface area contributed by atoms with Gasteiger partial charge in [0.2, 0.25) is 0 Å². The number of hydrogen-bond donors (Lipinski definition) is 1. The van der Waals surface area contributed by atoms with Crippen LogP contribution in [0.1, 0.15) is 41.0 Å². The molecule has 0 bridgehead atoms. The van der Waals surface area contributed by atoms with E-state index in [0.717, 1.165) is 24.3 Å². The molecule has 0 aromatic heterocycles. The highest BCUT2D eigenvalue weighted by Crippen LogP contribution is 2.35. The Balaban J connectivity index is 1.76. The number of nitrogens with zero attached hydrogens (tertiary/aromatic N) is 1. The molecule has 168 valence electrons. The summed E-state index contributed by atoms with van der Waals surface area (Å²) in [5.74, 6) is -1.35. The summed E-state index contributed by atoms with van der Waals surface area (Å²) in [6.45, 7) is 1.25. The summed E-state index contributed by atoms with van der Waals surface area (Å²) in [4.78, 5) is 13.2. The Hall–Kier alpha value is -2.55. The van der Waals surface area contributed by atoms with Gasteiger partial charge in [0.1, 0.15) is 0 Å². The van der Waals surface area contributed by atoms with Gasteiger partial charge in [0.05, 0.1) is 11.1 Å². The maximum atomic E-state index is 12.8. The number of rotatable bonds is 5. The Morgan fingerprint density at radius 1 is 0.871 bits per heavy atom. The summed E-state index contributed by atoms with van der Waals surface area (Å²) in [7, 11) is 0. The van der Waals surface area contributed by atoms with Crippen LogP contribution in [0.25, 0.3) is 0 Å². The maximum absolute atomic E-state index is 12.8. The quantitative estimate of drug-likeness (QED) is 0.591. The van der Waals surface area contributed by atoms with Crippen LogP contribution in [0.2, 0.25) is 0 Å². The Morgan fingerprint density at radius 2 is 1.39 bits per heavy atom. The standard InChI is InChI=1S/C22H21F6NO2/c23-21(24,25)18-5-1-14(2-6-18)11-29-12-15(10-20(30)31)9-17(13-29)16-3-7-19(8-4-16)22(26,27)28/h1-8,15,17H,9-13H2,(H,30,31)/t15-,17+/m1/s1. The third-order valence-corrected chi connectivity index (χ3v) is 5.47. The molecule has 1 heterocycles. The molecule has 3 rings (SSSR count). The normalized spacial score (nSPS) is 20.6. The van der Waals surface area contributed by atoms with Crippen LogP contribution in [0.5, 0.6) is 0 Å². The number of benzene rings is 2. The van der Waals surface area contributed by atoms with E-state index >= 15 is 0 Å². The minimum Gasteiger partial charge on any atom is -0.481 e. The van der Waals surface area contributed by atoms with Gasteiger partial charge < -0.3 is 5.11 Å². The first-order chi connectivity index (χ1) is 14.4. The van der Waals surface area contributed by atoms with E-state index in [1.165, 1.54) is 24.3 Å². The number of alkyl halides is 6. The van der Waals surface area contributed by atoms with Crippen LogP contribution in [-0.2, 0) is 23.7 Å². The lowest BCUT2D eigenvalue weighted by Crippen LogP contribution is -2.39. The zero-order chi connectivity index (χ0) is 22.8. The second kappa shape index (κ2) is 8.90. The van der Waals surface area contributed by atoms with Crippen LogP contribution in [0.3, 0.4) is 0 Å². The number of carboxylic acid groups (broad SMARTS) is 1. The van der Waals surface area contributed by atoms with E-state index in [9.17, 15) is 36.2 Å². The topological polar surface area (TPSA) is 40.5 Å². The summed E-state index contributed by atoms with van der Waals surface area (Å²) in [5, 5.41) is 9.18. The third-order valence-electron chi connectivity index (χ3n) is 5.47. The molecule has 0 unspecified atom stereocenters. The number of aliphatic carboxylic acids is 1. The van der Waals surface area contributed by atoms with Crippen LogP contribution in [0, 0.1) is 5.92 Å². The predicted molar refractivity (Wildman–Crippen MR) is 101 cm³/mol. The minimum atomic E-state index is -4.44. The van der Waals surface area contributed by atoms with Gasteiger partial charge in [-0.1, -0.05) is 24.3 Å². The van der Waals surface area contributed by atoms with Crippen molar-refractivity contribution >= 4 is 5.97 Å². The van der Waals surface area contributed by atoms with Crippen molar-refractivity contribution in [2.75, 3.05) is 13.1 Å². The summed E-state index contributed by atoms with van der Waals surface area (Å²) < 4.78 is 76.8. The summed E-state index contributed by atoms with van der Waals surface area (Å²) >= 11 is 0. The second-order valence-corrected chi connectivity index (χ2v) is 7.91. The first-order valence-corrected chi connectivity index (χ1v) is 9.69. The van der Waals surface area contributed by atoms with Gasteiger partial charge in [-0.2, -0.15) is 26.3 Å². The van der Waals surface area contributed by atoms with Crippen molar-refractivity contribution in [1.29, 1.82) is 0 Å². The first-order valence-electron chi connectivity index (χ1n) is 9.69. The van der Waals surface area contributed by atoms with Crippen molar-refractivity contribution in [3.63, 3.8) is 0 Å². The average molecular weight is 445 g/mol. The molecule has 2 atom stereocenters. The number of hydrogen-bond acceptors (Lipinski definition) is 2. The summed E-state index contributed by atoms with van der Waals surface area (Å²) in [6.07, 6.45) is -8.43. The predicted octanol–water partition coefficient (Wildman–Crippen LogP) is 5.80. The van der Waals surface area contributed by atoms with Crippen LogP contribution >= 0.6 is 0 Å². The maximum Gasteiger partial charge on any atom is 0.416 e. The molecule has 2 aromatic carbocycles. The second-order valence-electron chi connectivity index (χ2n) is 7.91. The minimum absolute atomic E-state index is 0.0827. The SMILES string of the molecule is O=C(O)C[C@H]1C[C@H](c2ccc(C(F)(F)F)cc2)CN(Cc2ccc(C(F)(F)F)cc2)C1. The zero-order valence-electron chi connectivity index (χ0n) is 16.4. The van der Waals surface area contributed by atoms with Crippen LogP contribution in [-0.4, -0.2) is 29.1 Å². The monoisotopic (exact) mass is 445 g/mol. The molecule has 3 nitrogen and oxygen atoms in total. The molecule has 1 saturated heterocycles. The van der Waals surface area contributed by atoms with Crippen molar-refractivity contribution in [2.24, 2.45) is 5.92 Å². The molecule has 0 saturated carbocycles. The molecule has 0 aliphatic carbocycles. The number of likely N-dealkylation sites (tertiary alicyclic amines) is 1. The van der Waals surface area contributed by atoms with E-state index in [0.29, 0.717) is 37.2 Å². The number of carbonyl (C=O) groups is 1. The van der Waals surface area contributed by atoms with Crippen molar-refractivity contribution in [2.45, 2.75) is 37.7 Å². The molecule has 31 heavy (non-hydrogen) atoms. The van der Waals surface area contributed by atoms with E-state index < -0.39 is 29.4 Å². The average Bonchev–Trinajstić information content (AvgIpc) is 2.66. The molecule has 2 aromatic rings. The fourth-order valence-electron chi connectivity index (χ4n) is 4.07. The smallest absolute Gasteiger partial charge is 0.416 e. The summed E-state index contributed by atoms with van der Waals surface area (Å²) in [5.41, 5.74) is -0.173. The molecule has 1 N–H and O–H groups in total. The Bertz CT molecular complexity index is 890. The molecule has 1 aliphatic rings. The number of piperidine rings is 1. The molecule has 0 amide bonds. The van der Waals surface area contributed by atoms with Gasteiger partial charge in [0.25, 0.3) is 0 Å². The highest BCUT2D eigenvalue weighted by atomic mass is 19.4. The van der Waals surface area contributed by atoms with E-state index in [1.54, 1.807) is 0 Å². The largest absolute Gasteiger partial charge is 0.481 e. The molecular formula is C22H21F6NO2. The van der Waals surface area contributed by atoms with Crippen molar-refractivity contribution in [3.05, 3.63) is 70.8 Å². The number of halogens is 6. The van der Waals surface area contributed by atoms with E-state index in [4.69, 9.17) is 0 Å². The lowest BCUT2D eigenvalue weighted by atomic mass is 9.82. The van der Waals surface area contributed by atoms with Gasteiger partial charge in [-0.15, -0.1) is 0 Å². The van der Waals surface area contributed by atoms with E-state index in [2.05, 4.69) is 0 Å². The lowest BCUT2D eigenvalue weighted by molar-refractivity contribution is -0.139. The lowest BCUT2D eigenvalue weighted by Gasteiger charge is -2.38. The fourth-order valence-corrected chi connectivity index (χ4v) is 4.07. The van der Waals surface area contributed by atoms with Crippen molar-refractivity contribution in [3.8, 4) is 0 Å². The summed E-state index contributed by atoms with van der Waals surface area (Å²) in [6, 6.07) is 9.61. The van der Waals surface area contributed by atoms with Gasteiger partial charge in [-0.3, -0.25) is 9.69 Å². The Morgan fingerprint density at radius 3 is 1.87 bits per heavy atom. The van der Waals surface area contributed by atoms with Crippen LogP contribution in [0.15, 0.2) is 48.5 Å². The van der Waals surface area contributed by atoms with E-state index in [-0.39, 0.29) is 18.3 Å². The fraction of sp³-hybridized carbons (Fsp3) is 0.409. The first kappa shape index (κ1) is 23.1. The molecular weight excluding hydrogens is 424 g/mol. The van der Waals surface area contributed by atoms with Gasteiger partial charge in [0.15, 0.2) is 0 Å². The van der Waals surface area contributed by atoms with Crippen LogP contribution < -0.4 is 0 Å².